The smallest absolute Gasteiger partial charge is 0.305 e. The molecule has 0 N–H and O–H groups in total. The number of hydrogen-bond acceptors (Lipinski definition) is 6. The van der Waals surface area contributed by atoms with Gasteiger partial charge in [-0.1, -0.05) is 0 Å². The minimum absolute atomic E-state index is 0.166. The molecule has 0 heterocycles. The van der Waals surface area contributed by atoms with Gasteiger partial charge in [0.2, 0.25) is 5.75 Å². The molecule has 0 unspecified atom stereocenters. The number of unbranched alkanes of at least 4 members (excludes halogenated alkanes) is 2. The number of aldehydes is 1. The molecule has 128 valence electrons. The molecule has 0 spiro atoms. The van der Waals surface area contributed by atoms with Crippen LogP contribution in [0.3, 0.4) is 0 Å². The predicted octanol–water partition coefficient (Wildman–Crippen LogP) is 3.02. The van der Waals surface area contributed by atoms with E-state index in [0.717, 1.165) is 25.5 Å². The predicted molar refractivity (Wildman–Crippen MR) is 85.5 cm³/mol. The maximum Gasteiger partial charge on any atom is 0.305 e. The molecule has 1 aromatic carbocycles. The molecule has 0 fully saturated rings. The normalized spacial score (nSPS) is 10.0. The summed E-state index contributed by atoms with van der Waals surface area (Å²) < 4.78 is 21.1. The van der Waals surface area contributed by atoms with Crippen LogP contribution in [-0.2, 0) is 9.53 Å². The van der Waals surface area contributed by atoms with Crippen LogP contribution in [0.25, 0.3) is 0 Å². The molecule has 23 heavy (non-hydrogen) atoms. The first-order valence-electron chi connectivity index (χ1n) is 7.65. The van der Waals surface area contributed by atoms with Crippen LogP contribution in [0.4, 0.5) is 0 Å². The Morgan fingerprint density at radius 3 is 2.26 bits per heavy atom. The van der Waals surface area contributed by atoms with Gasteiger partial charge in [-0.05, 0) is 38.3 Å². The third kappa shape index (κ3) is 6.18. The maximum atomic E-state index is 11.2. The molecule has 0 aromatic heterocycles. The highest BCUT2D eigenvalue weighted by Crippen LogP contribution is 2.38. The fourth-order valence-corrected chi connectivity index (χ4v) is 2.07. The van der Waals surface area contributed by atoms with Gasteiger partial charge in [0.1, 0.15) is 6.29 Å². The van der Waals surface area contributed by atoms with Crippen molar-refractivity contribution in [3.05, 3.63) is 17.7 Å². The van der Waals surface area contributed by atoms with Crippen LogP contribution in [0, 0.1) is 0 Å². The Bertz CT molecular complexity index is 487. The van der Waals surface area contributed by atoms with E-state index < -0.39 is 0 Å². The van der Waals surface area contributed by atoms with Gasteiger partial charge in [0, 0.05) is 12.0 Å². The summed E-state index contributed by atoms with van der Waals surface area (Å²) in [5, 5.41) is 0. The van der Waals surface area contributed by atoms with E-state index in [1.807, 2.05) is 0 Å². The second-order valence-corrected chi connectivity index (χ2v) is 4.84. The van der Waals surface area contributed by atoms with E-state index >= 15 is 0 Å². The maximum absolute atomic E-state index is 11.2. The summed E-state index contributed by atoms with van der Waals surface area (Å²) in [5.74, 6) is 1.23. The summed E-state index contributed by atoms with van der Waals surface area (Å²) >= 11 is 0. The van der Waals surface area contributed by atoms with Crippen molar-refractivity contribution in [2.75, 3.05) is 27.4 Å². The number of carbonyl (C=O) groups excluding carboxylic acids is 2. The van der Waals surface area contributed by atoms with Crippen molar-refractivity contribution < 1.29 is 28.5 Å². The Morgan fingerprint density at radius 2 is 1.74 bits per heavy atom. The summed E-state index contributed by atoms with van der Waals surface area (Å²) in [6, 6.07) is 3.21. The fraction of sp³-hybridized carbons (Fsp3) is 0.529. The number of hydrogen-bond donors (Lipinski definition) is 0. The molecule has 1 aromatic rings. The Labute approximate surface area is 136 Å². The highest BCUT2D eigenvalue weighted by molar-refractivity contribution is 5.78. The molecule has 0 saturated carbocycles. The lowest BCUT2D eigenvalue weighted by atomic mass is 10.2. The molecule has 0 aliphatic carbocycles. The zero-order valence-electron chi connectivity index (χ0n) is 13.9. The third-order valence-corrected chi connectivity index (χ3v) is 3.20. The number of carbonyl (C=O) groups is 2. The molecular formula is C17H24O6. The van der Waals surface area contributed by atoms with E-state index in [2.05, 4.69) is 0 Å². The van der Waals surface area contributed by atoms with Crippen molar-refractivity contribution in [3.8, 4) is 17.2 Å². The van der Waals surface area contributed by atoms with Gasteiger partial charge >= 0.3 is 5.97 Å². The highest BCUT2D eigenvalue weighted by atomic mass is 16.5. The van der Waals surface area contributed by atoms with Crippen LogP contribution in [0.5, 0.6) is 17.2 Å². The number of rotatable bonds is 11. The first kappa shape index (κ1) is 18.8. The molecule has 6 nitrogen and oxygen atoms in total. The van der Waals surface area contributed by atoms with E-state index in [0.29, 0.717) is 42.4 Å². The molecule has 0 atom stereocenters. The van der Waals surface area contributed by atoms with Crippen molar-refractivity contribution in [1.82, 2.24) is 0 Å². The highest BCUT2D eigenvalue weighted by Gasteiger charge is 2.14. The molecule has 0 aliphatic rings. The Kier molecular flexibility index (Phi) is 8.57. The van der Waals surface area contributed by atoms with Gasteiger partial charge in [-0.3, -0.25) is 9.59 Å². The number of benzene rings is 1. The van der Waals surface area contributed by atoms with E-state index in [1.54, 1.807) is 19.1 Å². The molecule has 0 amide bonds. The molecule has 6 heteroatoms. The van der Waals surface area contributed by atoms with Gasteiger partial charge in [0.15, 0.2) is 11.5 Å². The van der Waals surface area contributed by atoms with Gasteiger partial charge in [-0.25, -0.2) is 0 Å². The molecule has 0 radical (unpaired) electrons. The first-order chi connectivity index (χ1) is 11.2. The van der Waals surface area contributed by atoms with Crippen LogP contribution >= 0.6 is 0 Å². The monoisotopic (exact) mass is 324 g/mol. The summed E-state index contributed by atoms with van der Waals surface area (Å²) in [6.07, 6.45) is 3.57. The van der Waals surface area contributed by atoms with Gasteiger partial charge in [0.25, 0.3) is 0 Å². The van der Waals surface area contributed by atoms with Crippen LogP contribution < -0.4 is 14.2 Å². The lowest BCUT2D eigenvalue weighted by molar-refractivity contribution is -0.143. The zero-order chi connectivity index (χ0) is 17.1. The van der Waals surface area contributed by atoms with Crippen LogP contribution in [0.1, 0.15) is 43.0 Å². The van der Waals surface area contributed by atoms with Gasteiger partial charge < -0.3 is 18.9 Å². The zero-order valence-corrected chi connectivity index (χ0v) is 13.9. The lowest BCUT2D eigenvalue weighted by Gasteiger charge is -2.15. The largest absolute Gasteiger partial charge is 0.493 e. The van der Waals surface area contributed by atoms with Gasteiger partial charge in [-0.2, -0.15) is 0 Å². The van der Waals surface area contributed by atoms with Crippen molar-refractivity contribution in [1.29, 1.82) is 0 Å². The summed E-state index contributed by atoms with van der Waals surface area (Å²) in [4.78, 5) is 22.1. The number of ether oxygens (including phenoxy) is 4. The standard InChI is InChI=1S/C17H24O6/c1-4-22-16(19)8-6-5-7-9-23-17-14(20-2)10-13(12-18)11-15(17)21-3/h10-12H,4-9H2,1-3H3. The van der Waals surface area contributed by atoms with Crippen molar-refractivity contribution in [2.45, 2.75) is 32.6 Å². The van der Waals surface area contributed by atoms with Crippen molar-refractivity contribution in [3.63, 3.8) is 0 Å². The van der Waals surface area contributed by atoms with E-state index in [9.17, 15) is 9.59 Å². The summed E-state index contributed by atoms with van der Waals surface area (Å²) in [5.41, 5.74) is 0.459. The second kappa shape index (κ2) is 10.5. The summed E-state index contributed by atoms with van der Waals surface area (Å²) in [7, 11) is 3.02. The molecule has 0 aliphatic heterocycles. The van der Waals surface area contributed by atoms with E-state index in [1.165, 1.54) is 14.2 Å². The summed E-state index contributed by atoms with van der Waals surface area (Å²) in [6.45, 7) is 2.68. The Morgan fingerprint density at radius 1 is 1.09 bits per heavy atom. The average molecular weight is 324 g/mol. The number of esters is 1. The SMILES string of the molecule is CCOC(=O)CCCCCOc1c(OC)cc(C=O)cc1OC. The van der Waals surface area contributed by atoms with Crippen LogP contribution in [-0.4, -0.2) is 39.7 Å². The number of methoxy groups -OCH3 is 2. The first-order valence-corrected chi connectivity index (χ1v) is 7.65. The quantitative estimate of drug-likeness (QED) is 0.354. The second-order valence-electron chi connectivity index (χ2n) is 4.84. The fourth-order valence-electron chi connectivity index (χ4n) is 2.07. The van der Waals surface area contributed by atoms with Gasteiger partial charge in [-0.15, -0.1) is 0 Å². The van der Waals surface area contributed by atoms with E-state index in [-0.39, 0.29) is 5.97 Å². The minimum Gasteiger partial charge on any atom is -0.493 e. The molecule has 0 bridgehead atoms. The van der Waals surface area contributed by atoms with Crippen molar-refractivity contribution >= 4 is 12.3 Å². The Balaban J connectivity index is 2.48. The molecule has 1 rings (SSSR count). The molecule has 0 saturated heterocycles. The average Bonchev–Trinajstić information content (AvgIpc) is 2.57. The van der Waals surface area contributed by atoms with E-state index in [4.69, 9.17) is 18.9 Å². The topological polar surface area (TPSA) is 71.1 Å². The van der Waals surface area contributed by atoms with Gasteiger partial charge in [0.05, 0.1) is 27.4 Å². The minimum atomic E-state index is -0.166. The lowest BCUT2D eigenvalue weighted by Crippen LogP contribution is -2.05. The van der Waals surface area contributed by atoms with Crippen LogP contribution in [0.2, 0.25) is 0 Å². The Hall–Kier alpha value is -2.24. The van der Waals surface area contributed by atoms with Crippen LogP contribution in [0.15, 0.2) is 12.1 Å². The van der Waals surface area contributed by atoms with Crippen molar-refractivity contribution in [2.24, 2.45) is 0 Å². The molecular weight excluding hydrogens is 300 g/mol. The third-order valence-electron chi connectivity index (χ3n) is 3.20.